The summed E-state index contributed by atoms with van der Waals surface area (Å²) in [6.45, 7) is 8.66. The molecule has 0 saturated carbocycles. The highest BCUT2D eigenvalue weighted by Crippen LogP contribution is 2.37. The van der Waals surface area contributed by atoms with Crippen molar-refractivity contribution in [1.29, 1.82) is 0 Å². The molecule has 3 aromatic rings. The number of amidine groups is 1. The number of benzene rings is 1. The number of nitrogens with zero attached hydrogens (tertiary/aromatic N) is 3. The molecule has 0 saturated heterocycles. The summed E-state index contributed by atoms with van der Waals surface area (Å²) in [4.78, 5) is 14.1. The molecule has 0 bridgehead atoms. The van der Waals surface area contributed by atoms with Crippen molar-refractivity contribution in [3.63, 3.8) is 0 Å². The molecule has 0 unspecified atom stereocenters. The summed E-state index contributed by atoms with van der Waals surface area (Å²) in [5.41, 5.74) is 6.89. The summed E-state index contributed by atoms with van der Waals surface area (Å²) in [6, 6.07) is 7.52. The van der Waals surface area contributed by atoms with Crippen molar-refractivity contribution in [2.24, 2.45) is 4.99 Å². The van der Waals surface area contributed by atoms with Gasteiger partial charge in [-0.2, -0.15) is 5.10 Å². The van der Waals surface area contributed by atoms with Crippen molar-refractivity contribution < 1.29 is 4.84 Å². The number of hydrogen-bond donors (Lipinski definition) is 1. The van der Waals surface area contributed by atoms with Gasteiger partial charge >= 0.3 is 0 Å². The molecular weight excluding hydrogens is 459 g/mol. The van der Waals surface area contributed by atoms with Crippen LogP contribution < -0.4 is 5.48 Å². The van der Waals surface area contributed by atoms with Gasteiger partial charge in [-0.15, -0.1) is 16.4 Å². The zero-order valence-electron chi connectivity index (χ0n) is 16.9. The van der Waals surface area contributed by atoms with Crippen molar-refractivity contribution in [3.05, 3.63) is 66.4 Å². The molecule has 2 aromatic heterocycles. The van der Waals surface area contributed by atoms with Gasteiger partial charge < -0.3 is 0 Å². The number of aliphatic imine (C=N–C) groups is 1. The lowest BCUT2D eigenvalue weighted by Crippen LogP contribution is -2.34. The van der Waals surface area contributed by atoms with Gasteiger partial charge in [0.2, 0.25) is 0 Å². The molecule has 1 atom stereocenters. The highest BCUT2D eigenvalue weighted by molar-refractivity contribution is 7.99. The molecule has 9 heteroatoms. The van der Waals surface area contributed by atoms with Gasteiger partial charge in [0.25, 0.3) is 0 Å². The molecule has 1 aliphatic rings. The molecule has 4 rings (SSSR count). The lowest BCUT2D eigenvalue weighted by atomic mass is 10.1. The molecular formula is C21H20Cl2N4OS2. The third-order valence-electron chi connectivity index (χ3n) is 4.89. The van der Waals surface area contributed by atoms with E-state index in [1.54, 1.807) is 23.5 Å². The largest absolute Gasteiger partial charge is 0.272 e. The Morgan fingerprint density at radius 2 is 1.93 bits per heavy atom. The van der Waals surface area contributed by atoms with E-state index in [0.29, 0.717) is 27.5 Å². The van der Waals surface area contributed by atoms with E-state index < -0.39 is 0 Å². The Morgan fingerprint density at radius 1 is 1.13 bits per heavy atom. The van der Waals surface area contributed by atoms with Gasteiger partial charge in [-0.25, -0.2) is 5.48 Å². The van der Waals surface area contributed by atoms with Crippen LogP contribution >= 0.6 is 46.3 Å². The molecule has 0 spiro atoms. The number of aromatic nitrogens is 2. The zero-order valence-corrected chi connectivity index (χ0v) is 20.1. The van der Waals surface area contributed by atoms with Crippen molar-refractivity contribution in [2.75, 3.05) is 6.61 Å². The van der Waals surface area contributed by atoms with E-state index in [9.17, 15) is 0 Å². The first kappa shape index (κ1) is 21.6. The summed E-state index contributed by atoms with van der Waals surface area (Å²) in [6.07, 6.45) is 0. The Bertz CT molecular complexity index is 1150. The maximum atomic E-state index is 6.39. The van der Waals surface area contributed by atoms with Crippen LogP contribution in [0.15, 0.2) is 39.2 Å². The Kier molecular flexibility index (Phi) is 6.36. The molecule has 1 N–H and O–H groups in total. The van der Waals surface area contributed by atoms with Gasteiger partial charge in [0.05, 0.1) is 16.3 Å². The van der Waals surface area contributed by atoms with Crippen LogP contribution in [0.25, 0.3) is 0 Å². The minimum atomic E-state index is -0.0731. The highest BCUT2D eigenvalue weighted by atomic mass is 35.5. The summed E-state index contributed by atoms with van der Waals surface area (Å²) in [7, 11) is 0. The van der Waals surface area contributed by atoms with Crippen LogP contribution in [0.5, 0.6) is 0 Å². The smallest absolute Gasteiger partial charge is 0.156 e. The van der Waals surface area contributed by atoms with Crippen LogP contribution in [-0.2, 0) is 4.84 Å². The summed E-state index contributed by atoms with van der Waals surface area (Å²) in [5.74, 6) is 0.651. The van der Waals surface area contributed by atoms with Gasteiger partial charge in [0, 0.05) is 19.7 Å². The minimum absolute atomic E-state index is 0.0731. The predicted octanol–water partition coefficient (Wildman–Crippen LogP) is 6.25. The van der Waals surface area contributed by atoms with Gasteiger partial charge in [-0.05, 0) is 63.1 Å². The lowest BCUT2D eigenvalue weighted by molar-refractivity contribution is 0.0620. The van der Waals surface area contributed by atoms with Gasteiger partial charge in [-0.1, -0.05) is 35.0 Å². The van der Waals surface area contributed by atoms with Crippen molar-refractivity contribution in [2.45, 2.75) is 43.7 Å². The molecule has 3 heterocycles. The number of aryl methyl sites for hydroxylation is 3. The number of hydrogen-bond acceptors (Lipinski definition) is 7. The maximum Gasteiger partial charge on any atom is 0.156 e. The van der Waals surface area contributed by atoms with E-state index in [0.717, 1.165) is 21.7 Å². The average molecular weight is 479 g/mol. The number of thiophene rings is 1. The van der Waals surface area contributed by atoms with Gasteiger partial charge in [0.1, 0.15) is 17.7 Å². The van der Waals surface area contributed by atoms with Gasteiger partial charge in [-0.3, -0.25) is 9.83 Å². The lowest BCUT2D eigenvalue weighted by Gasteiger charge is -2.24. The Labute approximate surface area is 193 Å². The van der Waals surface area contributed by atoms with E-state index in [2.05, 4.69) is 35.6 Å². The van der Waals surface area contributed by atoms with Crippen molar-refractivity contribution in [3.8, 4) is 0 Å². The molecule has 0 fully saturated rings. The van der Waals surface area contributed by atoms with Crippen LogP contribution in [0.1, 0.15) is 38.2 Å². The first-order valence-electron chi connectivity index (χ1n) is 9.33. The fourth-order valence-electron chi connectivity index (χ4n) is 3.26. The Morgan fingerprint density at radius 3 is 2.63 bits per heavy atom. The minimum Gasteiger partial charge on any atom is -0.272 e. The number of halogens is 2. The first-order valence-corrected chi connectivity index (χ1v) is 11.7. The van der Waals surface area contributed by atoms with E-state index in [4.69, 9.17) is 33.0 Å². The number of rotatable bonds is 4. The van der Waals surface area contributed by atoms with Crippen LogP contribution in [0.2, 0.25) is 10.0 Å². The standard InChI is InChI=1S/C21H20Cl2N4OS2/c1-10-7-15(13(4)29-10)17-9-28-27-20(24-17)19-11(2)12(3)25-26-21(19)30-18-6-5-14(22)8-16(18)23/h5-8,17H,9H2,1-4H3,(H,24,27)/t17-/m0/s1. The second-order valence-corrected chi connectivity index (χ2v) is 10.4. The molecule has 156 valence electrons. The molecule has 1 aliphatic heterocycles. The van der Waals surface area contributed by atoms with E-state index in [1.807, 2.05) is 19.9 Å². The van der Waals surface area contributed by atoms with Crippen LogP contribution in [0.4, 0.5) is 0 Å². The predicted molar refractivity (Wildman–Crippen MR) is 124 cm³/mol. The summed E-state index contributed by atoms with van der Waals surface area (Å²) < 4.78 is 0. The quantitative estimate of drug-likeness (QED) is 0.479. The Balaban J connectivity index is 1.77. The fourth-order valence-corrected chi connectivity index (χ4v) is 5.70. The third kappa shape index (κ3) is 4.36. The van der Waals surface area contributed by atoms with E-state index in [1.165, 1.54) is 27.1 Å². The van der Waals surface area contributed by atoms with Crippen LogP contribution in [-0.4, -0.2) is 22.6 Å². The molecule has 0 amide bonds. The zero-order chi connectivity index (χ0) is 21.4. The van der Waals surface area contributed by atoms with E-state index in [-0.39, 0.29) is 6.04 Å². The highest BCUT2D eigenvalue weighted by Gasteiger charge is 2.25. The number of nitrogens with one attached hydrogen (secondary N) is 1. The van der Waals surface area contributed by atoms with E-state index >= 15 is 0 Å². The van der Waals surface area contributed by atoms with Crippen molar-refractivity contribution >= 4 is 52.1 Å². The molecule has 5 nitrogen and oxygen atoms in total. The first-order chi connectivity index (χ1) is 14.3. The second-order valence-electron chi connectivity index (χ2n) is 7.04. The topological polar surface area (TPSA) is 59.4 Å². The molecule has 0 aliphatic carbocycles. The Hall–Kier alpha value is -1.64. The summed E-state index contributed by atoms with van der Waals surface area (Å²) >= 11 is 15.6. The SMILES string of the molecule is Cc1cc([C@@H]2CONC(c3c(Sc4ccc(Cl)cc4Cl)nnc(C)c3C)=N2)c(C)s1. The monoisotopic (exact) mass is 478 g/mol. The molecule has 30 heavy (non-hydrogen) atoms. The molecule has 0 radical (unpaired) electrons. The normalized spacial score (nSPS) is 16.3. The average Bonchev–Trinajstić information content (AvgIpc) is 3.05. The van der Waals surface area contributed by atoms with Crippen molar-refractivity contribution in [1.82, 2.24) is 15.7 Å². The molecule has 1 aromatic carbocycles. The number of hydroxylamine groups is 1. The second kappa shape index (κ2) is 8.85. The fraction of sp³-hybridized carbons (Fsp3) is 0.286. The van der Waals surface area contributed by atoms with Gasteiger partial charge in [0.15, 0.2) is 5.84 Å². The van der Waals surface area contributed by atoms with Crippen LogP contribution in [0, 0.1) is 27.7 Å². The van der Waals surface area contributed by atoms with Crippen LogP contribution in [0.3, 0.4) is 0 Å². The maximum absolute atomic E-state index is 6.39. The summed E-state index contributed by atoms with van der Waals surface area (Å²) in [5, 5.41) is 10.6. The third-order valence-corrected chi connectivity index (χ3v) is 7.59.